The molecule has 9 heteroatoms. The molecule has 2 rings (SSSR count). The van der Waals surface area contributed by atoms with Gasteiger partial charge >= 0.3 is 5.97 Å². The Morgan fingerprint density at radius 1 is 1.25 bits per heavy atom. The number of carboxylic acids is 1. The van der Waals surface area contributed by atoms with E-state index in [0.29, 0.717) is 17.5 Å². The normalized spacial score (nSPS) is 19.8. The van der Waals surface area contributed by atoms with Gasteiger partial charge in [0.1, 0.15) is 6.04 Å². The van der Waals surface area contributed by atoms with Crippen LogP contribution in [0.5, 0.6) is 0 Å². The van der Waals surface area contributed by atoms with E-state index < -0.39 is 41.7 Å². The second-order valence-electron chi connectivity index (χ2n) is 7.31. The van der Waals surface area contributed by atoms with E-state index in [1.807, 2.05) is 13.8 Å². The topological polar surface area (TPSA) is 145 Å². The molecule has 1 aliphatic heterocycles. The average molecular weight is 391 g/mol. The van der Waals surface area contributed by atoms with Crippen LogP contribution in [0.15, 0.2) is 24.3 Å². The van der Waals surface area contributed by atoms with Crippen molar-refractivity contribution in [1.82, 2.24) is 16.1 Å². The number of hydroxylamine groups is 1. The number of fused-ring (bicyclic) bond motifs is 1. The van der Waals surface area contributed by atoms with Gasteiger partial charge in [0.25, 0.3) is 0 Å². The predicted octanol–water partition coefficient (Wildman–Crippen LogP) is 0.527. The average Bonchev–Trinajstić information content (AvgIpc) is 2.77. The van der Waals surface area contributed by atoms with Crippen LogP contribution in [-0.4, -0.2) is 40.0 Å². The first-order chi connectivity index (χ1) is 13.2. The zero-order valence-corrected chi connectivity index (χ0v) is 15.8. The Balaban J connectivity index is 2.22. The van der Waals surface area contributed by atoms with Gasteiger partial charge in [-0.25, -0.2) is 10.3 Å². The molecule has 1 aromatic rings. The molecule has 3 amide bonds. The molecule has 0 aliphatic carbocycles. The van der Waals surface area contributed by atoms with Gasteiger partial charge < -0.3 is 15.7 Å². The Morgan fingerprint density at radius 2 is 1.93 bits per heavy atom. The molecule has 28 heavy (non-hydrogen) atoms. The van der Waals surface area contributed by atoms with E-state index in [-0.39, 0.29) is 18.8 Å². The molecular formula is C19H25N3O6. The molecule has 0 fully saturated rings. The highest BCUT2D eigenvalue weighted by atomic mass is 16.5. The van der Waals surface area contributed by atoms with Crippen molar-refractivity contribution in [1.29, 1.82) is 0 Å². The number of amides is 3. The Bertz CT molecular complexity index is 764. The van der Waals surface area contributed by atoms with E-state index in [2.05, 4.69) is 10.6 Å². The molecule has 1 aromatic carbocycles. The van der Waals surface area contributed by atoms with E-state index in [4.69, 9.17) is 5.21 Å². The van der Waals surface area contributed by atoms with Crippen molar-refractivity contribution in [3.05, 3.63) is 35.4 Å². The number of carboxylic acid groups (broad SMARTS) is 1. The molecule has 0 bridgehead atoms. The number of nitrogens with one attached hydrogen (secondary N) is 3. The van der Waals surface area contributed by atoms with Gasteiger partial charge in [-0.3, -0.25) is 19.6 Å². The standard InChI is InChI=1S/C19H25N3O6/c1-10(2)7-12(9-15(23)22-28)17(24)20-14-8-11-5-3-4-6-13(11)16(19(26)27)21-18(14)25/h3-6,10,12,14,16,28H,7-9H2,1-2H3,(H,20,24)(H,21,25)(H,22,23)(H,26,27)/t12-,14-,16+/m0/s1. The van der Waals surface area contributed by atoms with Crippen LogP contribution >= 0.6 is 0 Å². The Kier molecular flexibility index (Phi) is 7.11. The van der Waals surface area contributed by atoms with Crippen LogP contribution in [0.1, 0.15) is 43.9 Å². The van der Waals surface area contributed by atoms with E-state index in [9.17, 15) is 24.3 Å². The van der Waals surface area contributed by atoms with Crippen LogP contribution in [0.25, 0.3) is 0 Å². The summed E-state index contributed by atoms with van der Waals surface area (Å²) in [5.41, 5.74) is 2.63. The fraction of sp³-hybridized carbons (Fsp3) is 0.474. The highest BCUT2D eigenvalue weighted by molar-refractivity contribution is 5.93. The molecule has 0 unspecified atom stereocenters. The summed E-state index contributed by atoms with van der Waals surface area (Å²) in [6.45, 7) is 3.78. The van der Waals surface area contributed by atoms with Gasteiger partial charge in [0.2, 0.25) is 17.7 Å². The molecule has 3 atom stereocenters. The lowest BCUT2D eigenvalue weighted by atomic mass is 9.92. The van der Waals surface area contributed by atoms with Gasteiger partial charge in [0.05, 0.1) is 0 Å². The van der Waals surface area contributed by atoms with Gasteiger partial charge in [-0.1, -0.05) is 38.1 Å². The lowest BCUT2D eigenvalue weighted by molar-refractivity contribution is -0.142. The summed E-state index contributed by atoms with van der Waals surface area (Å²) in [4.78, 5) is 48.3. The fourth-order valence-electron chi connectivity index (χ4n) is 3.36. The minimum Gasteiger partial charge on any atom is -0.479 e. The molecule has 0 radical (unpaired) electrons. The minimum atomic E-state index is -1.20. The van der Waals surface area contributed by atoms with Gasteiger partial charge in [-0.05, 0) is 23.5 Å². The summed E-state index contributed by atoms with van der Waals surface area (Å²) in [7, 11) is 0. The van der Waals surface area contributed by atoms with Crippen molar-refractivity contribution < 1.29 is 29.5 Å². The third-order valence-corrected chi connectivity index (χ3v) is 4.64. The van der Waals surface area contributed by atoms with Crippen LogP contribution < -0.4 is 16.1 Å². The predicted molar refractivity (Wildman–Crippen MR) is 98.1 cm³/mol. The molecule has 0 saturated carbocycles. The second kappa shape index (κ2) is 9.32. The number of rotatable bonds is 7. The van der Waals surface area contributed by atoms with Crippen molar-refractivity contribution in [3.8, 4) is 0 Å². The number of carbonyl (C=O) groups is 4. The zero-order valence-electron chi connectivity index (χ0n) is 15.8. The third-order valence-electron chi connectivity index (χ3n) is 4.64. The molecule has 0 aromatic heterocycles. The number of carbonyl (C=O) groups excluding carboxylic acids is 3. The third kappa shape index (κ3) is 5.29. The van der Waals surface area contributed by atoms with Crippen molar-refractivity contribution >= 4 is 23.7 Å². The number of hydrogen-bond donors (Lipinski definition) is 5. The second-order valence-corrected chi connectivity index (χ2v) is 7.31. The lowest BCUT2D eigenvalue weighted by Crippen LogP contribution is -2.50. The number of benzene rings is 1. The van der Waals surface area contributed by atoms with Crippen molar-refractivity contribution in [3.63, 3.8) is 0 Å². The summed E-state index contributed by atoms with van der Waals surface area (Å²) < 4.78 is 0. The molecule has 1 heterocycles. The molecule has 0 spiro atoms. The van der Waals surface area contributed by atoms with Gasteiger partial charge in [0.15, 0.2) is 6.04 Å². The van der Waals surface area contributed by atoms with Crippen molar-refractivity contribution in [2.24, 2.45) is 11.8 Å². The van der Waals surface area contributed by atoms with E-state index in [1.165, 1.54) is 5.48 Å². The van der Waals surface area contributed by atoms with Crippen molar-refractivity contribution in [2.75, 3.05) is 0 Å². The SMILES string of the molecule is CC(C)C[C@@H](CC(=O)NO)C(=O)N[C@H]1Cc2ccccc2[C@H](C(=O)O)NC1=O. The number of aliphatic carboxylic acids is 1. The summed E-state index contributed by atoms with van der Waals surface area (Å²) in [5, 5.41) is 23.3. The van der Waals surface area contributed by atoms with E-state index in [1.54, 1.807) is 24.3 Å². The molecule has 9 nitrogen and oxygen atoms in total. The summed E-state index contributed by atoms with van der Waals surface area (Å²) >= 11 is 0. The Hall–Kier alpha value is -2.94. The first-order valence-electron chi connectivity index (χ1n) is 9.07. The molecule has 0 saturated heterocycles. The Labute approximate surface area is 162 Å². The first-order valence-corrected chi connectivity index (χ1v) is 9.07. The Morgan fingerprint density at radius 3 is 2.54 bits per heavy atom. The zero-order chi connectivity index (χ0) is 20.8. The molecule has 5 N–H and O–H groups in total. The smallest absolute Gasteiger partial charge is 0.330 e. The summed E-state index contributed by atoms with van der Waals surface area (Å²) in [6, 6.07) is 4.61. The van der Waals surface area contributed by atoms with Gasteiger partial charge in [-0.2, -0.15) is 0 Å². The van der Waals surface area contributed by atoms with E-state index >= 15 is 0 Å². The highest BCUT2D eigenvalue weighted by Gasteiger charge is 2.35. The van der Waals surface area contributed by atoms with Crippen LogP contribution in [0.3, 0.4) is 0 Å². The van der Waals surface area contributed by atoms with Crippen LogP contribution in [0, 0.1) is 11.8 Å². The first kappa shape index (κ1) is 21.4. The molecular weight excluding hydrogens is 366 g/mol. The summed E-state index contributed by atoms with van der Waals surface area (Å²) in [6.07, 6.45) is 0.309. The maximum atomic E-state index is 12.7. The monoisotopic (exact) mass is 391 g/mol. The van der Waals surface area contributed by atoms with E-state index in [0.717, 1.165) is 0 Å². The molecule has 1 aliphatic rings. The van der Waals surface area contributed by atoms with Gasteiger partial charge in [-0.15, -0.1) is 0 Å². The highest BCUT2D eigenvalue weighted by Crippen LogP contribution is 2.24. The van der Waals surface area contributed by atoms with Gasteiger partial charge in [0, 0.05) is 18.8 Å². The molecule has 152 valence electrons. The largest absolute Gasteiger partial charge is 0.479 e. The van der Waals surface area contributed by atoms with Crippen LogP contribution in [0.4, 0.5) is 0 Å². The van der Waals surface area contributed by atoms with Crippen molar-refractivity contribution in [2.45, 2.75) is 45.2 Å². The quantitative estimate of drug-likeness (QED) is 0.339. The van der Waals surface area contributed by atoms with Crippen LogP contribution in [-0.2, 0) is 25.6 Å². The maximum Gasteiger partial charge on any atom is 0.330 e. The minimum absolute atomic E-state index is 0.113. The fourth-order valence-corrected chi connectivity index (χ4v) is 3.36. The number of hydrogen-bond acceptors (Lipinski definition) is 5. The summed E-state index contributed by atoms with van der Waals surface area (Å²) in [5.74, 6) is -3.60. The lowest BCUT2D eigenvalue weighted by Gasteiger charge is -2.22. The van der Waals surface area contributed by atoms with Crippen LogP contribution in [0.2, 0.25) is 0 Å². The maximum absolute atomic E-state index is 12.7.